The molecule has 1 unspecified atom stereocenters. The third-order valence-corrected chi connectivity index (χ3v) is 7.80. The van der Waals surface area contributed by atoms with Crippen molar-refractivity contribution in [3.8, 4) is 0 Å². The zero-order chi connectivity index (χ0) is 26.3. The van der Waals surface area contributed by atoms with Crippen LogP contribution in [-0.2, 0) is 19.1 Å². The lowest BCUT2D eigenvalue weighted by Gasteiger charge is -2.46. The van der Waals surface area contributed by atoms with Gasteiger partial charge in [-0.05, 0) is 69.1 Å². The van der Waals surface area contributed by atoms with E-state index < -0.39 is 5.97 Å². The van der Waals surface area contributed by atoms with E-state index >= 15 is 0 Å². The first-order valence-corrected chi connectivity index (χ1v) is 13.2. The monoisotopic (exact) mass is 502 g/mol. The molecule has 1 atom stereocenters. The van der Waals surface area contributed by atoms with Gasteiger partial charge in [0.1, 0.15) is 0 Å². The fourth-order valence-corrected chi connectivity index (χ4v) is 5.11. The molecule has 3 saturated heterocycles. The fourth-order valence-electron chi connectivity index (χ4n) is 5.11. The molecule has 1 aliphatic carbocycles. The van der Waals surface area contributed by atoms with Crippen LogP contribution in [0.4, 0.5) is 0 Å². The van der Waals surface area contributed by atoms with Gasteiger partial charge in [0, 0.05) is 24.4 Å². The number of ether oxygens (including phenoxy) is 2. The summed E-state index contributed by atoms with van der Waals surface area (Å²) in [6.07, 6.45) is 7.28. The molecule has 1 aromatic rings. The number of primary amides is 1. The van der Waals surface area contributed by atoms with Gasteiger partial charge >= 0.3 is 5.97 Å². The Morgan fingerprint density at radius 1 is 1.08 bits per heavy atom. The second-order valence-corrected chi connectivity index (χ2v) is 11.0. The van der Waals surface area contributed by atoms with Crippen LogP contribution in [0.1, 0.15) is 87.6 Å². The number of hydrogen-bond acceptors (Lipinski definition) is 5. The SMILES string of the molecule is CC(C)C(N)=O.CC(CC(=O)N1CCC(c2ccc(C(=O)O)cc2)CC1)OCC12CCC(CC1)OC2. The van der Waals surface area contributed by atoms with E-state index in [1.807, 2.05) is 24.0 Å². The molecule has 3 aliphatic heterocycles. The van der Waals surface area contributed by atoms with Crippen molar-refractivity contribution in [1.29, 1.82) is 0 Å². The highest BCUT2D eigenvalue weighted by Crippen LogP contribution is 2.43. The molecule has 8 nitrogen and oxygen atoms in total. The number of likely N-dealkylation sites (tertiary alicyclic amines) is 1. The van der Waals surface area contributed by atoms with Crippen molar-refractivity contribution in [2.75, 3.05) is 26.3 Å². The Bertz CT molecular complexity index is 870. The molecular weight excluding hydrogens is 460 g/mol. The predicted octanol–water partition coefficient (Wildman–Crippen LogP) is 3.97. The molecule has 200 valence electrons. The van der Waals surface area contributed by atoms with Crippen molar-refractivity contribution in [1.82, 2.24) is 4.90 Å². The predicted molar refractivity (Wildman–Crippen MR) is 137 cm³/mol. The molecule has 36 heavy (non-hydrogen) atoms. The zero-order valence-electron chi connectivity index (χ0n) is 21.9. The average Bonchev–Trinajstić information content (AvgIpc) is 2.89. The summed E-state index contributed by atoms with van der Waals surface area (Å²) >= 11 is 0. The minimum atomic E-state index is -0.901. The Kier molecular flexibility index (Phi) is 9.91. The first kappa shape index (κ1) is 28.1. The van der Waals surface area contributed by atoms with Gasteiger partial charge < -0.3 is 25.2 Å². The number of carbonyl (C=O) groups is 3. The molecule has 4 fully saturated rings. The van der Waals surface area contributed by atoms with Crippen LogP contribution in [0.25, 0.3) is 0 Å². The number of nitrogens with two attached hydrogens (primary N) is 1. The smallest absolute Gasteiger partial charge is 0.335 e. The second kappa shape index (κ2) is 12.7. The molecule has 8 heteroatoms. The minimum absolute atomic E-state index is 0.00926. The first-order valence-electron chi connectivity index (χ1n) is 13.2. The number of benzene rings is 1. The summed E-state index contributed by atoms with van der Waals surface area (Å²) in [7, 11) is 0. The number of piperidine rings is 1. The standard InChI is InChI=1S/C24H33NO5.C4H9NO/c1-17(29-15-24-10-6-21(7-11-24)30-16-24)14-22(26)25-12-8-19(9-13-25)18-2-4-20(5-3-18)23(27)28;1-3(2)4(5)6/h2-5,17,19,21H,6-16H2,1H3,(H,27,28);3H,1-2H3,(H2,5,6). The van der Waals surface area contributed by atoms with Crippen molar-refractivity contribution < 1.29 is 29.0 Å². The number of carbonyl (C=O) groups excluding carboxylic acids is 2. The van der Waals surface area contributed by atoms with Crippen LogP contribution in [-0.4, -0.2) is 66.3 Å². The van der Waals surface area contributed by atoms with Crippen molar-refractivity contribution in [2.45, 2.75) is 83.8 Å². The van der Waals surface area contributed by atoms with Gasteiger partial charge in [-0.25, -0.2) is 4.79 Å². The lowest BCUT2D eigenvalue weighted by Crippen LogP contribution is -2.46. The lowest BCUT2D eigenvalue weighted by atomic mass is 9.72. The topological polar surface area (TPSA) is 119 Å². The van der Waals surface area contributed by atoms with E-state index in [0.717, 1.165) is 50.9 Å². The van der Waals surface area contributed by atoms with E-state index in [9.17, 15) is 14.4 Å². The molecule has 0 radical (unpaired) electrons. The van der Waals surface area contributed by atoms with Crippen LogP contribution in [0.3, 0.4) is 0 Å². The molecule has 1 saturated carbocycles. The van der Waals surface area contributed by atoms with Crippen molar-refractivity contribution in [2.24, 2.45) is 17.1 Å². The lowest BCUT2D eigenvalue weighted by molar-refractivity contribution is -0.153. The molecule has 5 rings (SSSR count). The molecule has 3 N–H and O–H groups in total. The fraction of sp³-hybridized carbons (Fsp3) is 0.679. The molecule has 0 aromatic heterocycles. The summed E-state index contributed by atoms with van der Waals surface area (Å²) in [6, 6.07) is 7.14. The molecule has 1 aromatic carbocycles. The van der Waals surface area contributed by atoms with E-state index in [2.05, 4.69) is 0 Å². The Morgan fingerprint density at radius 2 is 1.67 bits per heavy atom. The first-order chi connectivity index (χ1) is 17.1. The summed E-state index contributed by atoms with van der Waals surface area (Å²) in [5.74, 6) is -0.601. The van der Waals surface area contributed by atoms with Crippen molar-refractivity contribution in [3.63, 3.8) is 0 Å². The van der Waals surface area contributed by atoms with Gasteiger partial charge in [0.2, 0.25) is 11.8 Å². The van der Waals surface area contributed by atoms with Crippen LogP contribution in [0.15, 0.2) is 24.3 Å². The quantitative estimate of drug-likeness (QED) is 0.555. The van der Waals surface area contributed by atoms with Crippen molar-refractivity contribution >= 4 is 17.8 Å². The van der Waals surface area contributed by atoms with Crippen LogP contribution >= 0.6 is 0 Å². The molecule has 4 aliphatic rings. The van der Waals surface area contributed by atoms with Gasteiger partial charge in [-0.3, -0.25) is 9.59 Å². The van der Waals surface area contributed by atoms with Gasteiger partial charge in [-0.15, -0.1) is 0 Å². The number of aromatic carboxylic acids is 1. The van der Waals surface area contributed by atoms with E-state index in [-0.39, 0.29) is 29.3 Å². The number of rotatable bonds is 8. The van der Waals surface area contributed by atoms with Gasteiger partial charge in [-0.2, -0.15) is 0 Å². The second-order valence-electron chi connectivity index (χ2n) is 11.0. The number of nitrogens with zero attached hydrogens (tertiary/aromatic N) is 1. The summed E-state index contributed by atoms with van der Waals surface area (Å²) in [6.45, 7) is 8.53. The number of carboxylic acid groups (broad SMARTS) is 1. The maximum Gasteiger partial charge on any atom is 0.335 e. The van der Waals surface area contributed by atoms with E-state index in [1.165, 1.54) is 12.8 Å². The molecule has 0 spiro atoms. The number of fused-ring (bicyclic) bond motifs is 3. The van der Waals surface area contributed by atoms with Gasteiger partial charge in [0.25, 0.3) is 0 Å². The van der Waals surface area contributed by atoms with Gasteiger partial charge in [0.15, 0.2) is 0 Å². The largest absolute Gasteiger partial charge is 0.478 e. The highest BCUT2D eigenvalue weighted by atomic mass is 16.5. The highest BCUT2D eigenvalue weighted by molar-refractivity contribution is 5.87. The molecular formula is C28H42N2O6. The Morgan fingerprint density at radius 3 is 2.14 bits per heavy atom. The molecule has 2 bridgehead atoms. The summed E-state index contributed by atoms with van der Waals surface area (Å²) < 4.78 is 12.0. The number of carboxylic acids is 1. The Labute approximate surface area is 214 Å². The van der Waals surface area contributed by atoms with Gasteiger partial charge in [-0.1, -0.05) is 26.0 Å². The average molecular weight is 503 g/mol. The summed E-state index contributed by atoms with van der Waals surface area (Å²) in [5.41, 5.74) is 6.44. The Hall–Kier alpha value is -2.45. The van der Waals surface area contributed by atoms with Crippen LogP contribution < -0.4 is 5.73 Å². The maximum absolute atomic E-state index is 12.7. The van der Waals surface area contributed by atoms with E-state index in [1.54, 1.807) is 26.0 Å². The zero-order valence-corrected chi connectivity index (χ0v) is 21.9. The number of amides is 2. The summed E-state index contributed by atoms with van der Waals surface area (Å²) in [4.78, 5) is 35.6. The minimum Gasteiger partial charge on any atom is -0.478 e. The normalized spacial score (nSPS) is 24.7. The van der Waals surface area contributed by atoms with Crippen LogP contribution in [0, 0.1) is 11.3 Å². The van der Waals surface area contributed by atoms with E-state index in [4.69, 9.17) is 20.3 Å². The van der Waals surface area contributed by atoms with Gasteiger partial charge in [0.05, 0.1) is 37.4 Å². The summed E-state index contributed by atoms with van der Waals surface area (Å²) in [5, 5.41) is 9.04. The van der Waals surface area contributed by atoms with Crippen LogP contribution in [0.2, 0.25) is 0 Å². The Balaban J connectivity index is 0.000000538. The molecule has 3 heterocycles. The molecule has 2 amide bonds. The third-order valence-electron chi connectivity index (χ3n) is 7.80. The maximum atomic E-state index is 12.7. The third kappa shape index (κ3) is 7.77. The number of hydrogen-bond donors (Lipinski definition) is 2. The van der Waals surface area contributed by atoms with Crippen LogP contribution in [0.5, 0.6) is 0 Å². The highest BCUT2D eigenvalue weighted by Gasteiger charge is 2.42. The van der Waals surface area contributed by atoms with E-state index in [0.29, 0.717) is 30.6 Å². The van der Waals surface area contributed by atoms with Crippen molar-refractivity contribution in [3.05, 3.63) is 35.4 Å².